The molecule has 1 aromatic rings. The van der Waals surface area contributed by atoms with Gasteiger partial charge in [0.25, 0.3) is 0 Å². The van der Waals surface area contributed by atoms with E-state index in [0.717, 1.165) is 37.3 Å². The largest absolute Gasteiger partial charge is 0.388 e. The van der Waals surface area contributed by atoms with E-state index in [1.54, 1.807) is 6.07 Å². The van der Waals surface area contributed by atoms with E-state index < -0.39 is 5.60 Å². The van der Waals surface area contributed by atoms with Gasteiger partial charge in [0.1, 0.15) is 0 Å². The molecule has 18 heavy (non-hydrogen) atoms. The molecule has 0 saturated heterocycles. The average molecular weight is 244 g/mol. The first kappa shape index (κ1) is 12.9. The highest BCUT2D eigenvalue weighted by Crippen LogP contribution is 2.31. The number of nitrogens with one attached hydrogen (secondary N) is 1. The molecule has 0 unspecified atom stereocenters. The summed E-state index contributed by atoms with van der Waals surface area (Å²) in [5.74, 6) is 0.729. The van der Waals surface area contributed by atoms with E-state index >= 15 is 0 Å². The van der Waals surface area contributed by atoms with Crippen LogP contribution in [0.3, 0.4) is 0 Å². The van der Waals surface area contributed by atoms with Crippen molar-refractivity contribution in [3.05, 3.63) is 29.8 Å². The molecule has 1 aromatic carbocycles. The van der Waals surface area contributed by atoms with Gasteiger partial charge < -0.3 is 10.4 Å². The van der Waals surface area contributed by atoms with Gasteiger partial charge in [0.05, 0.1) is 17.2 Å². The van der Waals surface area contributed by atoms with Gasteiger partial charge in [-0.2, -0.15) is 5.26 Å². The quantitative estimate of drug-likeness (QED) is 0.859. The first-order chi connectivity index (χ1) is 8.61. The average Bonchev–Trinajstić information content (AvgIpc) is 2.41. The molecule has 0 spiro atoms. The summed E-state index contributed by atoms with van der Waals surface area (Å²) in [7, 11) is 0. The van der Waals surface area contributed by atoms with Crippen LogP contribution in [0, 0.1) is 17.2 Å². The summed E-state index contributed by atoms with van der Waals surface area (Å²) in [6.45, 7) is 2.80. The van der Waals surface area contributed by atoms with Gasteiger partial charge in [-0.1, -0.05) is 13.0 Å². The Hall–Kier alpha value is -1.53. The van der Waals surface area contributed by atoms with Gasteiger partial charge in [-0.25, -0.2) is 0 Å². The lowest BCUT2D eigenvalue weighted by Gasteiger charge is -2.35. The van der Waals surface area contributed by atoms with Crippen molar-refractivity contribution in [1.82, 2.24) is 0 Å². The van der Waals surface area contributed by atoms with E-state index in [4.69, 9.17) is 5.26 Å². The van der Waals surface area contributed by atoms with E-state index in [9.17, 15) is 5.11 Å². The second-order valence-corrected chi connectivity index (χ2v) is 5.45. The van der Waals surface area contributed by atoms with Crippen LogP contribution < -0.4 is 5.32 Å². The molecular formula is C15H20N2O. The summed E-state index contributed by atoms with van der Waals surface area (Å²) in [4.78, 5) is 0. The number of benzene rings is 1. The van der Waals surface area contributed by atoms with Crippen LogP contribution in [0.2, 0.25) is 0 Å². The van der Waals surface area contributed by atoms with Crippen LogP contribution in [0.5, 0.6) is 0 Å². The lowest BCUT2D eigenvalue weighted by molar-refractivity contribution is 0.00501. The third-order valence-corrected chi connectivity index (χ3v) is 3.82. The van der Waals surface area contributed by atoms with Crippen LogP contribution in [0.4, 0.5) is 5.69 Å². The summed E-state index contributed by atoms with van der Waals surface area (Å²) in [6.07, 6.45) is 3.91. The Balaban J connectivity index is 1.93. The number of anilines is 1. The lowest BCUT2D eigenvalue weighted by Crippen LogP contribution is -2.40. The molecule has 3 heteroatoms. The summed E-state index contributed by atoms with van der Waals surface area (Å²) >= 11 is 0. The van der Waals surface area contributed by atoms with E-state index in [2.05, 4.69) is 18.3 Å². The normalized spacial score (nSPS) is 27.5. The molecule has 1 aliphatic carbocycles. The van der Waals surface area contributed by atoms with Crippen molar-refractivity contribution in [2.24, 2.45) is 5.92 Å². The number of aliphatic hydroxyl groups is 1. The minimum Gasteiger partial charge on any atom is -0.388 e. The fourth-order valence-electron chi connectivity index (χ4n) is 2.44. The van der Waals surface area contributed by atoms with Crippen LogP contribution in [-0.4, -0.2) is 17.3 Å². The maximum atomic E-state index is 10.4. The maximum absolute atomic E-state index is 10.4. The van der Waals surface area contributed by atoms with E-state index in [-0.39, 0.29) is 0 Å². The van der Waals surface area contributed by atoms with E-state index in [0.29, 0.717) is 12.1 Å². The van der Waals surface area contributed by atoms with Crippen molar-refractivity contribution >= 4 is 5.69 Å². The Morgan fingerprint density at radius 3 is 2.83 bits per heavy atom. The molecule has 2 rings (SSSR count). The second-order valence-electron chi connectivity index (χ2n) is 5.45. The van der Waals surface area contributed by atoms with Crippen molar-refractivity contribution < 1.29 is 5.11 Å². The number of rotatable bonds is 3. The summed E-state index contributed by atoms with van der Waals surface area (Å²) in [6, 6.07) is 9.49. The third kappa shape index (κ3) is 3.24. The summed E-state index contributed by atoms with van der Waals surface area (Å²) in [5, 5.41) is 22.5. The van der Waals surface area contributed by atoms with Gasteiger partial charge in [0, 0.05) is 12.2 Å². The molecule has 1 saturated carbocycles. The molecule has 2 N–H and O–H groups in total. The van der Waals surface area contributed by atoms with Crippen LogP contribution in [0.1, 0.15) is 38.2 Å². The fourth-order valence-corrected chi connectivity index (χ4v) is 2.44. The van der Waals surface area contributed by atoms with Gasteiger partial charge in [-0.15, -0.1) is 0 Å². The molecule has 0 bridgehead atoms. The van der Waals surface area contributed by atoms with E-state index in [1.165, 1.54) is 0 Å². The van der Waals surface area contributed by atoms with Crippen molar-refractivity contribution in [3.63, 3.8) is 0 Å². The monoisotopic (exact) mass is 244 g/mol. The van der Waals surface area contributed by atoms with Crippen LogP contribution in [0.15, 0.2) is 24.3 Å². The van der Waals surface area contributed by atoms with Crippen molar-refractivity contribution in [3.8, 4) is 6.07 Å². The molecule has 96 valence electrons. The van der Waals surface area contributed by atoms with Crippen LogP contribution >= 0.6 is 0 Å². The Bertz CT molecular complexity index is 442. The van der Waals surface area contributed by atoms with Crippen LogP contribution in [0.25, 0.3) is 0 Å². The molecule has 0 atom stereocenters. The third-order valence-electron chi connectivity index (χ3n) is 3.82. The zero-order valence-electron chi connectivity index (χ0n) is 10.8. The molecule has 0 aliphatic heterocycles. The molecular weight excluding hydrogens is 224 g/mol. The number of hydrogen-bond acceptors (Lipinski definition) is 3. The zero-order valence-corrected chi connectivity index (χ0v) is 10.8. The molecule has 1 aliphatic rings. The SMILES string of the molecule is CC1CCC(O)(CNc2cccc(C#N)c2)CC1. The topological polar surface area (TPSA) is 56.0 Å². The van der Waals surface area contributed by atoms with Gasteiger partial charge in [-0.3, -0.25) is 0 Å². The predicted octanol–water partition coefficient (Wildman–Crippen LogP) is 2.91. The Morgan fingerprint density at radius 1 is 1.44 bits per heavy atom. The van der Waals surface area contributed by atoms with Gasteiger partial charge in [0.15, 0.2) is 0 Å². The van der Waals surface area contributed by atoms with Gasteiger partial charge in [-0.05, 0) is 49.8 Å². The number of hydrogen-bond donors (Lipinski definition) is 2. The maximum Gasteiger partial charge on any atom is 0.0992 e. The van der Waals surface area contributed by atoms with Crippen LogP contribution in [-0.2, 0) is 0 Å². The van der Waals surface area contributed by atoms with Crippen molar-refractivity contribution in [2.45, 2.75) is 38.2 Å². The first-order valence-corrected chi connectivity index (χ1v) is 6.58. The molecule has 0 aromatic heterocycles. The Labute approximate surface area is 108 Å². The summed E-state index contributed by atoms with van der Waals surface area (Å²) < 4.78 is 0. The molecule has 0 radical (unpaired) electrons. The second kappa shape index (κ2) is 5.41. The smallest absolute Gasteiger partial charge is 0.0992 e. The molecule has 1 fully saturated rings. The minimum atomic E-state index is -0.588. The Kier molecular flexibility index (Phi) is 3.88. The highest BCUT2D eigenvalue weighted by molar-refractivity contribution is 5.49. The lowest BCUT2D eigenvalue weighted by atomic mass is 9.79. The standard InChI is InChI=1S/C15H20N2O/c1-12-5-7-15(18,8-6-12)11-17-14-4-2-3-13(9-14)10-16/h2-4,9,12,17-18H,5-8,11H2,1H3. The molecule has 0 amide bonds. The highest BCUT2D eigenvalue weighted by atomic mass is 16.3. The highest BCUT2D eigenvalue weighted by Gasteiger charge is 2.31. The Morgan fingerprint density at radius 2 is 2.17 bits per heavy atom. The van der Waals surface area contributed by atoms with E-state index in [1.807, 2.05) is 18.2 Å². The minimum absolute atomic E-state index is 0.564. The number of nitriles is 1. The van der Waals surface area contributed by atoms with Crippen molar-refractivity contribution in [2.75, 3.05) is 11.9 Å². The van der Waals surface area contributed by atoms with Crippen molar-refractivity contribution in [1.29, 1.82) is 5.26 Å². The zero-order chi connectivity index (χ0) is 13.0. The first-order valence-electron chi connectivity index (χ1n) is 6.58. The van der Waals surface area contributed by atoms with Gasteiger partial charge >= 0.3 is 0 Å². The van der Waals surface area contributed by atoms with Gasteiger partial charge in [0.2, 0.25) is 0 Å². The fraction of sp³-hybridized carbons (Fsp3) is 0.533. The molecule has 3 nitrogen and oxygen atoms in total. The predicted molar refractivity (Wildman–Crippen MR) is 72.2 cm³/mol. The molecule has 0 heterocycles. The summed E-state index contributed by atoms with van der Waals surface area (Å²) in [5.41, 5.74) is 0.958. The number of nitrogens with zero attached hydrogens (tertiary/aromatic N) is 1.